The van der Waals surface area contributed by atoms with Crippen LogP contribution in [-0.2, 0) is 29.9 Å². The molecule has 11 nitrogen and oxygen atoms in total. The fourth-order valence-corrected chi connectivity index (χ4v) is 3.95. The highest BCUT2D eigenvalue weighted by Gasteiger charge is 2.48. The Labute approximate surface area is 267 Å². The number of benzene rings is 2. The maximum Gasteiger partial charge on any atom is 0.471 e. The fraction of sp³-hybridized carbons (Fsp3) is 0.414. The zero-order valence-corrected chi connectivity index (χ0v) is 25.3. The molecule has 0 saturated heterocycles. The number of amides is 5. The van der Waals surface area contributed by atoms with Crippen LogP contribution >= 0.6 is 0 Å². The lowest BCUT2D eigenvalue weighted by Gasteiger charge is -2.29. The molecule has 2 rings (SSSR count). The van der Waals surface area contributed by atoms with Crippen LogP contribution in [0.1, 0.15) is 37.4 Å². The van der Waals surface area contributed by atoms with Gasteiger partial charge in [0.05, 0.1) is 13.7 Å². The number of ether oxygens (including phenoxy) is 1. The Balaban J connectivity index is 2.33. The Kier molecular flexibility index (Phi) is 13.0. The topological polar surface area (TPSA) is 163 Å². The summed E-state index contributed by atoms with van der Waals surface area (Å²) in [5.74, 6) is -21.2. The zero-order valence-electron chi connectivity index (χ0n) is 25.3. The molecule has 5 amide bonds. The van der Waals surface area contributed by atoms with Crippen molar-refractivity contribution in [3.05, 3.63) is 65.5 Å². The van der Waals surface area contributed by atoms with Gasteiger partial charge < -0.3 is 25.8 Å². The van der Waals surface area contributed by atoms with Crippen molar-refractivity contribution in [3.8, 4) is 5.75 Å². The van der Waals surface area contributed by atoms with E-state index in [1.807, 2.05) is 0 Å². The average molecular weight is 699 g/mol. The molecule has 0 saturated carbocycles. The Morgan fingerprint density at radius 2 is 1.42 bits per heavy atom. The van der Waals surface area contributed by atoms with Crippen molar-refractivity contribution in [2.24, 2.45) is 5.92 Å². The zero-order chi connectivity index (χ0) is 36.6. The normalized spacial score (nSPS) is 13.9. The molecule has 19 heteroatoms. The number of imide groups is 1. The van der Waals surface area contributed by atoms with Gasteiger partial charge in [0.2, 0.25) is 11.8 Å². The van der Waals surface area contributed by atoms with Gasteiger partial charge in [-0.1, -0.05) is 38.1 Å². The number of carbonyl (C=O) groups excluding carboxylic acids is 5. The third kappa shape index (κ3) is 10.3. The maximum atomic E-state index is 14.7. The first-order valence-electron chi connectivity index (χ1n) is 13.7. The van der Waals surface area contributed by atoms with E-state index in [-0.39, 0.29) is 11.3 Å². The van der Waals surface area contributed by atoms with E-state index in [1.54, 1.807) is 5.32 Å². The number of methoxy groups -OCH3 is 1. The monoisotopic (exact) mass is 698 g/mol. The van der Waals surface area contributed by atoms with Crippen molar-refractivity contribution in [3.63, 3.8) is 0 Å². The van der Waals surface area contributed by atoms with Gasteiger partial charge in [-0.25, -0.2) is 4.39 Å². The predicted molar refractivity (Wildman–Crippen MR) is 149 cm³/mol. The molecule has 0 aliphatic heterocycles. The molecule has 264 valence electrons. The van der Waals surface area contributed by atoms with Crippen molar-refractivity contribution in [2.75, 3.05) is 13.7 Å². The summed E-state index contributed by atoms with van der Waals surface area (Å²) < 4.78 is 115. The molecule has 0 aliphatic rings. The molecule has 2 aromatic carbocycles. The number of hydrogen-bond acceptors (Lipinski definition) is 7. The summed E-state index contributed by atoms with van der Waals surface area (Å²) in [5.41, 5.74) is -1.15. The minimum absolute atomic E-state index is 0.0717. The van der Waals surface area contributed by atoms with Gasteiger partial charge in [0, 0.05) is 18.0 Å². The molecule has 0 unspecified atom stereocenters. The second-order valence-electron chi connectivity index (χ2n) is 10.6. The van der Waals surface area contributed by atoms with Crippen LogP contribution < -0.4 is 26.0 Å². The maximum absolute atomic E-state index is 14.7. The first-order chi connectivity index (χ1) is 22.1. The first-order valence-corrected chi connectivity index (χ1v) is 13.7. The van der Waals surface area contributed by atoms with Gasteiger partial charge in [0.25, 0.3) is 11.8 Å². The third-order valence-electron chi connectivity index (χ3n) is 6.70. The van der Waals surface area contributed by atoms with Crippen molar-refractivity contribution in [1.29, 1.82) is 0 Å². The van der Waals surface area contributed by atoms with E-state index in [1.165, 1.54) is 45.2 Å². The second-order valence-corrected chi connectivity index (χ2v) is 10.6. The van der Waals surface area contributed by atoms with Gasteiger partial charge in [-0.05, 0) is 35.7 Å². The fourth-order valence-electron chi connectivity index (χ4n) is 3.95. The number of carbonyl (C=O) groups is 5. The molecule has 3 atom stereocenters. The van der Waals surface area contributed by atoms with Crippen LogP contribution in [0.2, 0.25) is 0 Å². The van der Waals surface area contributed by atoms with Crippen molar-refractivity contribution in [1.82, 2.24) is 21.3 Å². The second kappa shape index (κ2) is 15.9. The Bertz CT molecular complexity index is 1490. The number of hydrogen-bond donors (Lipinski definition) is 5. The molecule has 0 bridgehead atoms. The van der Waals surface area contributed by atoms with E-state index in [9.17, 15) is 64.2 Å². The van der Waals surface area contributed by atoms with Crippen LogP contribution in [0.25, 0.3) is 0 Å². The van der Waals surface area contributed by atoms with E-state index < -0.39 is 96.0 Å². The molecule has 0 aliphatic carbocycles. The predicted octanol–water partition coefficient (Wildman–Crippen LogP) is 2.63. The number of rotatable bonds is 14. The molecule has 0 heterocycles. The highest BCUT2D eigenvalue weighted by molar-refractivity contribution is 6.01. The van der Waals surface area contributed by atoms with Gasteiger partial charge in [0.15, 0.2) is 0 Å². The SMILES string of the molecule is COc1ccc([C@H](NC(=O)[C@H](CO)NC(=O)C(F)(F)c2cccc(F)c2)C(=O)N[C@@H](CC(F)(F)C(=O)NC(=O)C(F)(F)F)C(C)C)cc1. The average Bonchev–Trinajstić information content (AvgIpc) is 3.01. The summed E-state index contributed by atoms with van der Waals surface area (Å²) in [7, 11) is 1.29. The van der Waals surface area contributed by atoms with Crippen LogP contribution in [0.4, 0.5) is 35.1 Å². The standard InChI is InChI=1S/C29H30F8N4O7/c1-14(2)19(12-27(31,32)24(45)41-26(47)29(35,36)37)38-23(44)21(15-7-9-18(48-3)10-8-15)40-22(43)20(13-42)39-25(46)28(33,34)16-5-4-6-17(30)11-16/h4-11,14,19-21,42H,12-13H2,1-3H3,(H,38,44)(H,39,46)(H,40,43)(H,41,45,47)/t19-,20-,21-/m0/s1. The minimum atomic E-state index is -5.65. The van der Waals surface area contributed by atoms with Crippen molar-refractivity contribution < 1.29 is 68.9 Å². The van der Waals surface area contributed by atoms with Crippen LogP contribution in [0.3, 0.4) is 0 Å². The molecule has 0 aromatic heterocycles. The molecular weight excluding hydrogens is 668 g/mol. The van der Waals surface area contributed by atoms with E-state index in [0.29, 0.717) is 11.4 Å². The number of nitrogens with one attached hydrogen (secondary N) is 4. The molecule has 48 heavy (non-hydrogen) atoms. The van der Waals surface area contributed by atoms with Crippen LogP contribution in [0.15, 0.2) is 48.5 Å². The Morgan fingerprint density at radius 1 is 0.812 bits per heavy atom. The lowest BCUT2D eigenvalue weighted by atomic mass is 9.95. The molecule has 0 spiro atoms. The van der Waals surface area contributed by atoms with Gasteiger partial charge in [-0.3, -0.25) is 29.3 Å². The van der Waals surface area contributed by atoms with Crippen molar-refractivity contribution >= 4 is 29.5 Å². The number of alkyl halides is 7. The van der Waals surface area contributed by atoms with Crippen LogP contribution in [-0.4, -0.2) is 72.5 Å². The summed E-state index contributed by atoms with van der Waals surface area (Å²) in [6, 6.07) is 2.22. The van der Waals surface area contributed by atoms with E-state index in [2.05, 4.69) is 10.6 Å². The smallest absolute Gasteiger partial charge is 0.471 e. The summed E-state index contributed by atoms with van der Waals surface area (Å²) >= 11 is 0. The minimum Gasteiger partial charge on any atom is -0.497 e. The molecule has 0 fully saturated rings. The third-order valence-corrected chi connectivity index (χ3v) is 6.70. The first kappa shape index (κ1) is 39.4. The van der Waals surface area contributed by atoms with E-state index in [0.717, 1.165) is 18.2 Å². The van der Waals surface area contributed by atoms with Crippen LogP contribution in [0, 0.1) is 11.7 Å². The molecule has 0 radical (unpaired) electrons. The van der Waals surface area contributed by atoms with Gasteiger partial charge in [-0.2, -0.15) is 30.7 Å². The lowest BCUT2D eigenvalue weighted by Crippen LogP contribution is -2.56. The number of aliphatic hydroxyl groups is 1. The molecular formula is C29H30F8N4O7. The Morgan fingerprint density at radius 3 is 1.92 bits per heavy atom. The summed E-state index contributed by atoms with van der Waals surface area (Å²) in [5, 5.41) is 16.1. The number of halogens is 8. The summed E-state index contributed by atoms with van der Waals surface area (Å²) in [4.78, 5) is 61.7. The van der Waals surface area contributed by atoms with Gasteiger partial charge >= 0.3 is 23.9 Å². The van der Waals surface area contributed by atoms with E-state index in [4.69, 9.17) is 4.74 Å². The highest BCUT2D eigenvalue weighted by Crippen LogP contribution is 2.29. The summed E-state index contributed by atoms with van der Waals surface area (Å²) in [6.45, 7) is 1.29. The van der Waals surface area contributed by atoms with Gasteiger partial charge in [-0.15, -0.1) is 0 Å². The Hall–Kier alpha value is -4.81. The highest BCUT2D eigenvalue weighted by atomic mass is 19.4. The van der Waals surface area contributed by atoms with E-state index >= 15 is 0 Å². The quantitative estimate of drug-likeness (QED) is 0.190. The lowest BCUT2D eigenvalue weighted by molar-refractivity contribution is -0.178. The van der Waals surface area contributed by atoms with Crippen molar-refractivity contribution in [2.45, 2.75) is 56.4 Å². The summed E-state index contributed by atoms with van der Waals surface area (Å²) in [6.07, 6.45) is -7.26. The molecule has 5 N–H and O–H groups in total. The van der Waals surface area contributed by atoms with Gasteiger partial charge in [0.1, 0.15) is 23.7 Å². The molecule has 2 aromatic rings. The largest absolute Gasteiger partial charge is 0.497 e. The number of aliphatic hydroxyl groups excluding tert-OH is 1. The van der Waals surface area contributed by atoms with Crippen LogP contribution in [0.5, 0.6) is 5.75 Å².